The summed E-state index contributed by atoms with van der Waals surface area (Å²) in [4.78, 5) is 24.2. The normalized spacial score (nSPS) is 12.8. The lowest BCUT2D eigenvalue weighted by molar-refractivity contribution is -0.161. The Morgan fingerprint density at radius 3 is 1.35 bits per heavy atom. The zero-order chi connectivity index (χ0) is 35.7. The lowest BCUT2D eigenvalue weighted by atomic mass is 10.0. The molecule has 0 aliphatic rings. The fraction of sp³-hybridized carbons (Fsp3) is 0.727. The fourth-order valence-corrected chi connectivity index (χ4v) is 5.48. The van der Waals surface area contributed by atoms with Crippen LogP contribution in [0.4, 0.5) is 0 Å². The average Bonchev–Trinajstić information content (AvgIpc) is 3.10. The molecular weight excluding hydrogens is 608 g/mol. The minimum absolute atomic E-state index is 0.0733. The van der Waals surface area contributed by atoms with Crippen LogP contribution in [0.2, 0.25) is 0 Å². The Morgan fingerprint density at radius 2 is 0.878 bits per heavy atom. The van der Waals surface area contributed by atoms with Gasteiger partial charge in [-0.3, -0.25) is 9.59 Å². The number of carbonyl (C=O) groups excluding carboxylic acids is 2. The number of aliphatic hydroxyl groups is 1. The zero-order valence-corrected chi connectivity index (χ0v) is 31.9. The summed E-state index contributed by atoms with van der Waals surface area (Å²) in [6.45, 7) is 3.98. The van der Waals surface area contributed by atoms with Crippen LogP contribution in [0.3, 0.4) is 0 Å². The quantitative estimate of drug-likeness (QED) is 0.0404. The number of unbranched alkanes of at least 4 members (excludes halogenated alkanes) is 18. The molecule has 0 aromatic heterocycles. The molecule has 0 aliphatic heterocycles. The second-order valence-electron chi connectivity index (χ2n) is 13.3. The van der Waals surface area contributed by atoms with Crippen LogP contribution < -0.4 is 0 Å². The third-order valence-corrected chi connectivity index (χ3v) is 8.55. The van der Waals surface area contributed by atoms with E-state index in [9.17, 15) is 14.7 Å². The molecule has 49 heavy (non-hydrogen) atoms. The van der Waals surface area contributed by atoms with Crippen molar-refractivity contribution in [3.63, 3.8) is 0 Å². The standard InChI is InChI=1S/C44H76O5/c1-3-5-7-9-11-13-15-17-18-19-20-21-22-23-24-25-26-27-29-31-33-35-37-39-44(47)49-42(40-45)41-48-43(46)38-36-34-32-30-28-16-14-12-10-8-6-4-2/h5,7,11-14,17-18,20-21,42,45H,3-4,6,8-10,15-16,19,22-41H2,1-2H3/b7-5-,13-11-,14-12-,18-17-,21-20-. The summed E-state index contributed by atoms with van der Waals surface area (Å²) in [5.74, 6) is -0.609. The van der Waals surface area contributed by atoms with E-state index in [1.54, 1.807) is 0 Å². The molecule has 0 radical (unpaired) electrons. The predicted molar refractivity (Wildman–Crippen MR) is 210 cm³/mol. The molecule has 1 N–H and O–H groups in total. The van der Waals surface area contributed by atoms with Gasteiger partial charge in [0, 0.05) is 12.8 Å². The van der Waals surface area contributed by atoms with Crippen LogP contribution in [0.15, 0.2) is 60.8 Å². The molecule has 0 fully saturated rings. The average molecular weight is 685 g/mol. The van der Waals surface area contributed by atoms with E-state index in [1.807, 2.05) is 0 Å². The smallest absolute Gasteiger partial charge is 0.306 e. The summed E-state index contributed by atoms with van der Waals surface area (Å²) in [7, 11) is 0. The van der Waals surface area contributed by atoms with Crippen molar-refractivity contribution < 1.29 is 24.2 Å². The van der Waals surface area contributed by atoms with E-state index >= 15 is 0 Å². The lowest BCUT2D eigenvalue weighted by Gasteiger charge is -2.15. The van der Waals surface area contributed by atoms with Gasteiger partial charge in [-0.25, -0.2) is 0 Å². The van der Waals surface area contributed by atoms with Gasteiger partial charge in [-0.05, 0) is 77.0 Å². The number of rotatable bonds is 36. The second kappa shape index (κ2) is 40.0. The molecule has 1 atom stereocenters. The highest BCUT2D eigenvalue weighted by Gasteiger charge is 2.16. The molecule has 5 nitrogen and oxygen atoms in total. The van der Waals surface area contributed by atoms with Crippen LogP contribution in [0.25, 0.3) is 0 Å². The number of ether oxygens (including phenoxy) is 2. The Kier molecular flexibility index (Phi) is 38.1. The van der Waals surface area contributed by atoms with E-state index in [0.717, 1.165) is 70.6 Å². The highest BCUT2D eigenvalue weighted by molar-refractivity contribution is 5.70. The van der Waals surface area contributed by atoms with E-state index in [1.165, 1.54) is 89.9 Å². The third kappa shape index (κ3) is 38.3. The highest BCUT2D eigenvalue weighted by atomic mass is 16.6. The van der Waals surface area contributed by atoms with Gasteiger partial charge in [-0.1, -0.05) is 158 Å². The van der Waals surface area contributed by atoms with Crippen LogP contribution in [-0.2, 0) is 19.1 Å². The minimum atomic E-state index is -0.777. The molecule has 0 aliphatic carbocycles. The van der Waals surface area contributed by atoms with Crippen LogP contribution in [0.1, 0.15) is 187 Å². The van der Waals surface area contributed by atoms with Gasteiger partial charge in [0.25, 0.3) is 0 Å². The van der Waals surface area contributed by atoms with Gasteiger partial charge in [0.15, 0.2) is 6.10 Å². The molecule has 282 valence electrons. The topological polar surface area (TPSA) is 72.8 Å². The van der Waals surface area contributed by atoms with Crippen molar-refractivity contribution in [3.05, 3.63) is 60.8 Å². The Balaban J connectivity index is 3.56. The van der Waals surface area contributed by atoms with Crippen LogP contribution in [-0.4, -0.2) is 36.4 Å². The number of hydrogen-bond donors (Lipinski definition) is 1. The molecule has 5 heteroatoms. The predicted octanol–water partition coefficient (Wildman–Crippen LogP) is 12.8. The summed E-state index contributed by atoms with van der Waals surface area (Å²) >= 11 is 0. The molecule has 0 bridgehead atoms. The van der Waals surface area contributed by atoms with E-state index in [-0.39, 0.29) is 25.2 Å². The Hall–Kier alpha value is -2.40. The molecule has 0 saturated carbocycles. The highest BCUT2D eigenvalue weighted by Crippen LogP contribution is 2.13. The number of carbonyl (C=O) groups is 2. The number of aliphatic hydroxyl groups excluding tert-OH is 1. The number of esters is 2. The van der Waals surface area contributed by atoms with Crippen molar-refractivity contribution in [3.8, 4) is 0 Å². The first-order valence-corrected chi connectivity index (χ1v) is 20.3. The van der Waals surface area contributed by atoms with E-state index in [0.29, 0.717) is 12.8 Å². The molecule has 0 heterocycles. The maximum atomic E-state index is 12.2. The van der Waals surface area contributed by atoms with E-state index in [2.05, 4.69) is 74.6 Å². The first kappa shape index (κ1) is 46.6. The first-order chi connectivity index (χ1) is 24.1. The van der Waals surface area contributed by atoms with Gasteiger partial charge in [-0.15, -0.1) is 0 Å². The van der Waals surface area contributed by atoms with E-state index in [4.69, 9.17) is 9.47 Å². The van der Waals surface area contributed by atoms with Crippen LogP contribution in [0.5, 0.6) is 0 Å². The van der Waals surface area contributed by atoms with Crippen molar-refractivity contribution in [2.75, 3.05) is 13.2 Å². The number of hydrogen-bond acceptors (Lipinski definition) is 5. The van der Waals surface area contributed by atoms with Gasteiger partial charge in [-0.2, -0.15) is 0 Å². The van der Waals surface area contributed by atoms with Crippen molar-refractivity contribution >= 4 is 11.9 Å². The van der Waals surface area contributed by atoms with Gasteiger partial charge >= 0.3 is 11.9 Å². The third-order valence-electron chi connectivity index (χ3n) is 8.55. The minimum Gasteiger partial charge on any atom is -0.462 e. The summed E-state index contributed by atoms with van der Waals surface area (Å²) in [6, 6.07) is 0. The van der Waals surface area contributed by atoms with Gasteiger partial charge < -0.3 is 14.6 Å². The van der Waals surface area contributed by atoms with Crippen LogP contribution in [0, 0.1) is 0 Å². The fourth-order valence-electron chi connectivity index (χ4n) is 5.48. The first-order valence-electron chi connectivity index (χ1n) is 20.3. The summed E-state index contributed by atoms with van der Waals surface area (Å²) in [5, 5.41) is 9.55. The maximum absolute atomic E-state index is 12.2. The monoisotopic (exact) mass is 685 g/mol. The van der Waals surface area contributed by atoms with Crippen molar-refractivity contribution in [1.29, 1.82) is 0 Å². The Labute approximate surface area is 302 Å². The largest absolute Gasteiger partial charge is 0.462 e. The van der Waals surface area contributed by atoms with Crippen molar-refractivity contribution in [1.82, 2.24) is 0 Å². The molecule has 0 rings (SSSR count). The molecule has 0 amide bonds. The maximum Gasteiger partial charge on any atom is 0.306 e. The Morgan fingerprint density at radius 1 is 0.490 bits per heavy atom. The summed E-state index contributed by atoms with van der Waals surface area (Å²) in [6.07, 6.45) is 51.4. The Bertz CT molecular complexity index is 869. The van der Waals surface area contributed by atoms with Crippen molar-refractivity contribution in [2.45, 2.75) is 193 Å². The van der Waals surface area contributed by atoms with Gasteiger partial charge in [0.1, 0.15) is 6.61 Å². The summed E-state index contributed by atoms with van der Waals surface area (Å²) < 4.78 is 10.6. The van der Waals surface area contributed by atoms with Crippen molar-refractivity contribution in [2.24, 2.45) is 0 Å². The van der Waals surface area contributed by atoms with Gasteiger partial charge in [0.2, 0.25) is 0 Å². The van der Waals surface area contributed by atoms with Gasteiger partial charge in [0.05, 0.1) is 6.61 Å². The van der Waals surface area contributed by atoms with Crippen LogP contribution >= 0.6 is 0 Å². The molecule has 0 spiro atoms. The SMILES string of the molecule is CC/C=C\C/C=C\C/C=C\C/C=C\CCCCCCCCCCCCC(=O)OC(CO)COC(=O)CCCCCCC/C=C\CCCCC. The second-order valence-corrected chi connectivity index (χ2v) is 13.3. The number of allylic oxidation sites excluding steroid dienone is 10. The molecule has 1 unspecified atom stereocenters. The summed E-state index contributed by atoms with van der Waals surface area (Å²) in [5.41, 5.74) is 0. The lowest BCUT2D eigenvalue weighted by Crippen LogP contribution is -2.28. The molecular formula is C44H76O5. The molecule has 0 aromatic carbocycles. The van der Waals surface area contributed by atoms with E-state index < -0.39 is 6.10 Å². The molecule has 0 aromatic rings. The zero-order valence-electron chi connectivity index (χ0n) is 31.9. The molecule has 0 saturated heterocycles.